The lowest BCUT2D eigenvalue weighted by molar-refractivity contribution is -0.124. The SMILES string of the molecule is CC1CC(C)CN(CC(C)NC(=O)C2(N)CC2)C1.Cl.Cl. The number of likely N-dealkylation sites (tertiary alicyclic amines) is 1. The van der Waals surface area contributed by atoms with Crippen molar-refractivity contribution in [1.29, 1.82) is 0 Å². The van der Waals surface area contributed by atoms with Crippen molar-refractivity contribution in [3.8, 4) is 0 Å². The van der Waals surface area contributed by atoms with Crippen LogP contribution in [0.4, 0.5) is 0 Å². The van der Waals surface area contributed by atoms with E-state index in [4.69, 9.17) is 5.73 Å². The highest BCUT2D eigenvalue weighted by molar-refractivity contribution is 5.89. The van der Waals surface area contributed by atoms with E-state index in [1.807, 2.05) is 0 Å². The zero-order chi connectivity index (χ0) is 13.3. The fraction of sp³-hybridized carbons (Fsp3) is 0.929. The molecule has 2 aliphatic rings. The van der Waals surface area contributed by atoms with Crippen LogP contribution in [0.1, 0.15) is 40.0 Å². The average Bonchev–Trinajstić information content (AvgIpc) is 2.95. The number of nitrogens with zero attached hydrogens (tertiary/aromatic N) is 1. The summed E-state index contributed by atoms with van der Waals surface area (Å²) >= 11 is 0. The zero-order valence-corrected chi connectivity index (χ0v) is 14.4. The fourth-order valence-electron chi connectivity index (χ4n) is 3.10. The molecule has 0 aromatic rings. The van der Waals surface area contributed by atoms with Gasteiger partial charge in [0.1, 0.15) is 0 Å². The van der Waals surface area contributed by atoms with Crippen LogP contribution in [0.3, 0.4) is 0 Å². The van der Waals surface area contributed by atoms with Gasteiger partial charge in [-0.25, -0.2) is 0 Å². The quantitative estimate of drug-likeness (QED) is 0.828. The summed E-state index contributed by atoms with van der Waals surface area (Å²) in [5.41, 5.74) is 5.35. The molecule has 20 heavy (non-hydrogen) atoms. The molecule has 0 spiro atoms. The van der Waals surface area contributed by atoms with Crippen molar-refractivity contribution in [1.82, 2.24) is 10.2 Å². The first-order valence-corrected chi connectivity index (χ1v) is 7.21. The Morgan fingerprint density at radius 1 is 1.30 bits per heavy atom. The maximum Gasteiger partial charge on any atom is 0.240 e. The van der Waals surface area contributed by atoms with E-state index in [2.05, 4.69) is 31.0 Å². The van der Waals surface area contributed by atoms with Gasteiger partial charge in [0.15, 0.2) is 0 Å². The second kappa shape index (κ2) is 7.83. The Morgan fingerprint density at radius 3 is 2.25 bits per heavy atom. The molecule has 1 saturated carbocycles. The van der Waals surface area contributed by atoms with Crippen LogP contribution in [0.15, 0.2) is 0 Å². The molecular weight excluding hydrogens is 297 g/mol. The van der Waals surface area contributed by atoms with Crippen molar-refractivity contribution in [2.75, 3.05) is 19.6 Å². The summed E-state index contributed by atoms with van der Waals surface area (Å²) in [6.07, 6.45) is 3.00. The monoisotopic (exact) mass is 325 g/mol. The maximum absolute atomic E-state index is 11.9. The van der Waals surface area contributed by atoms with Gasteiger partial charge in [0.2, 0.25) is 5.91 Å². The summed E-state index contributed by atoms with van der Waals surface area (Å²) in [5, 5.41) is 3.05. The number of rotatable bonds is 4. The van der Waals surface area contributed by atoms with E-state index in [9.17, 15) is 4.79 Å². The lowest BCUT2D eigenvalue weighted by atomic mass is 9.92. The lowest BCUT2D eigenvalue weighted by Crippen LogP contribution is -2.51. The predicted octanol–water partition coefficient (Wildman–Crippen LogP) is 1.80. The van der Waals surface area contributed by atoms with Crippen LogP contribution in [0.5, 0.6) is 0 Å². The van der Waals surface area contributed by atoms with Crippen molar-refractivity contribution in [2.24, 2.45) is 17.6 Å². The number of halogens is 2. The van der Waals surface area contributed by atoms with E-state index in [1.54, 1.807) is 0 Å². The molecule has 6 heteroatoms. The van der Waals surface area contributed by atoms with Crippen LogP contribution >= 0.6 is 24.8 Å². The minimum atomic E-state index is -0.545. The van der Waals surface area contributed by atoms with Gasteiger partial charge in [0.25, 0.3) is 0 Å². The number of nitrogens with one attached hydrogen (secondary N) is 1. The van der Waals surface area contributed by atoms with Crippen molar-refractivity contribution in [2.45, 2.75) is 51.6 Å². The number of carbonyl (C=O) groups excluding carboxylic acids is 1. The molecule has 1 saturated heterocycles. The smallest absolute Gasteiger partial charge is 0.240 e. The van der Waals surface area contributed by atoms with Gasteiger partial charge in [-0.15, -0.1) is 24.8 Å². The molecule has 0 radical (unpaired) electrons. The van der Waals surface area contributed by atoms with Gasteiger partial charge >= 0.3 is 0 Å². The van der Waals surface area contributed by atoms with E-state index in [1.165, 1.54) is 6.42 Å². The van der Waals surface area contributed by atoms with E-state index < -0.39 is 5.54 Å². The Balaban J connectivity index is 0.00000180. The highest BCUT2D eigenvalue weighted by Crippen LogP contribution is 2.32. The molecule has 1 amide bonds. The largest absolute Gasteiger partial charge is 0.351 e. The summed E-state index contributed by atoms with van der Waals surface area (Å²) in [7, 11) is 0. The van der Waals surface area contributed by atoms with Crippen molar-refractivity contribution in [3.05, 3.63) is 0 Å². The molecule has 2 rings (SSSR count). The number of amides is 1. The Bertz CT molecular complexity index is 314. The first-order chi connectivity index (χ1) is 8.39. The highest BCUT2D eigenvalue weighted by atomic mass is 35.5. The van der Waals surface area contributed by atoms with Crippen LogP contribution in [0.25, 0.3) is 0 Å². The normalized spacial score (nSPS) is 29.6. The van der Waals surface area contributed by atoms with Crippen molar-refractivity contribution >= 4 is 30.7 Å². The second-order valence-corrected chi connectivity index (χ2v) is 6.70. The minimum Gasteiger partial charge on any atom is -0.351 e. The summed E-state index contributed by atoms with van der Waals surface area (Å²) in [6.45, 7) is 9.94. The van der Waals surface area contributed by atoms with E-state index in [0.717, 1.165) is 44.3 Å². The molecule has 120 valence electrons. The molecule has 0 bridgehead atoms. The topological polar surface area (TPSA) is 58.4 Å². The van der Waals surface area contributed by atoms with Crippen LogP contribution in [-0.2, 0) is 4.79 Å². The summed E-state index contributed by atoms with van der Waals surface area (Å²) in [4.78, 5) is 14.3. The second-order valence-electron chi connectivity index (χ2n) is 6.70. The van der Waals surface area contributed by atoms with E-state index in [0.29, 0.717) is 0 Å². The first-order valence-electron chi connectivity index (χ1n) is 7.21. The average molecular weight is 326 g/mol. The third-order valence-electron chi connectivity index (χ3n) is 4.09. The van der Waals surface area contributed by atoms with Gasteiger partial charge in [0, 0.05) is 25.7 Å². The van der Waals surface area contributed by atoms with Gasteiger partial charge in [-0.2, -0.15) is 0 Å². The third kappa shape index (κ3) is 5.40. The molecule has 3 N–H and O–H groups in total. The lowest BCUT2D eigenvalue weighted by Gasteiger charge is -2.36. The van der Waals surface area contributed by atoms with Gasteiger partial charge in [-0.3, -0.25) is 4.79 Å². The molecule has 1 aliphatic heterocycles. The molecule has 1 heterocycles. The number of nitrogens with two attached hydrogens (primary N) is 1. The molecule has 2 fully saturated rings. The van der Waals surface area contributed by atoms with Crippen molar-refractivity contribution < 1.29 is 4.79 Å². The Morgan fingerprint density at radius 2 is 1.80 bits per heavy atom. The van der Waals surface area contributed by atoms with Gasteiger partial charge in [0.05, 0.1) is 5.54 Å². The summed E-state index contributed by atoms with van der Waals surface area (Å²) in [6, 6.07) is 0.191. The molecule has 1 aliphatic carbocycles. The van der Waals surface area contributed by atoms with E-state index in [-0.39, 0.29) is 36.8 Å². The molecule has 0 aromatic carbocycles. The Kier molecular flexibility index (Phi) is 7.82. The Labute approximate surface area is 135 Å². The predicted molar refractivity (Wildman–Crippen MR) is 87.6 cm³/mol. The first kappa shape index (κ1) is 20.0. The number of hydrogen-bond donors (Lipinski definition) is 2. The maximum atomic E-state index is 11.9. The number of carbonyl (C=O) groups is 1. The van der Waals surface area contributed by atoms with Gasteiger partial charge in [-0.1, -0.05) is 13.8 Å². The fourth-order valence-corrected chi connectivity index (χ4v) is 3.10. The standard InChI is InChI=1S/C14H27N3O.2ClH/c1-10-6-11(2)8-17(7-10)9-12(3)16-13(18)14(15)4-5-14;;/h10-12H,4-9,15H2,1-3H3,(H,16,18);2*1H. The summed E-state index contributed by atoms with van der Waals surface area (Å²) < 4.78 is 0. The van der Waals surface area contributed by atoms with Gasteiger partial charge in [-0.05, 0) is 38.0 Å². The molecular formula is C14H29Cl2N3O. The van der Waals surface area contributed by atoms with Crippen LogP contribution in [0, 0.1) is 11.8 Å². The van der Waals surface area contributed by atoms with E-state index >= 15 is 0 Å². The van der Waals surface area contributed by atoms with Crippen LogP contribution in [-0.4, -0.2) is 42.0 Å². The zero-order valence-electron chi connectivity index (χ0n) is 12.7. The molecule has 0 aromatic heterocycles. The van der Waals surface area contributed by atoms with Gasteiger partial charge < -0.3 is 16.0 Å². The van der Waals surface area contributed by atoms with Crippen LogP contribution in [0.2, 0.25) is 0 Å². The molecule has 3 atom stereocenters. The summed E-state index contributed by atoms with van der Waals surface area (Å²) in [5.74, 6) is 1.56. The Hall–Kier alpha value is -0.0300. The molecule has 4 nitrogen and oxygen atoms in total. The third-order valence-corrected chi connectivity index (χ3v) is 4.09. The minimum absolute atomic E-state index is 0. The number of hydrogen-bond acceptors (Lipinski definition) is 3. The van der Waals surface area contributed by atoms with Crippen LogP contribution < -0.4 is 11.1 Å². The highest BCUT2D eigenvalue weighted by Gasteiger charge is 2.46. The number of piperidine rings is 1. The van der Waals surface area contributed by atoms with Crippen molar-refractivity contribution in [3.63, 3.8) is 0 Å². The molecule has 3 unspecified atom stereocenters.